The first-order valence-electron chi connectivity index (χ1n) is 5.71. The summed E-state index contributed by atoms with van der Waals surface area (Å²) < 4.78 is 40.2. The first kappa shape index (κ1) is 15.2. The van der Waals surface area contributed by atoms with E-state index in [4.69, 9.17) is 5.73 Å². The fourth-order valence-corrected chi connectivity index (χ4v) is 2.12. The second-order valence-electron chi connectivity index (χ2n) is 4.19. The van der Waals surface area contributed by atoms with Crippen molar-refractivity contribution in [1.29, 1.82) is 0 Å². The molecular weight excluding hydrogens is 265 g/mol. The Kier molecular flexibility index (Phi) is 4.92. The Hall–Kier alpha value is -0.890. The Balaban J connectivity index is 2.66. The Morgan fingerprint density at radius 3 is 2.28 bits per heavy atom. The molecule has 0 atom stereocenters. The minimum absolute atomic E-state index is 0.107. The molecule has 0 radical (unpaired) electrons. The molecule has 8 heteroatoms. The molecule has 3 N–H and O–H groups in total. The molecule has 1 rings (SSSR count). The average molecular weight is 282 g/mol. The van der Waals surface area contributed by atoms with Crippen molar-refractivity contribution < 1.29 is 13.2 Å². The smallest absolute Gasteiger partial charge is 0.360 e. The highest BCUT2D eigenvalue weighted by Crippen LogP contribution is 2.30. The summed E-state index contributed by atoms with van der Waals surface area (Å²) in [5.41, 5.74) is 5.61. The summed E-state index contributed by atoms with van der Waals surface area (Å²) >= 11 is 0.716. The molecule has 0 aliphatic rings. The molecule has 0 aromatic carbocycles. The van der Waals surface area contributed by atoms with E-state index >= 15 is 0 Å². The van der Waals surface area contributed by atoms with E-state index in [1.165, 1.54) is 0 Å². The van der Waals surface area contributed by atoms with Crippen LogP contribution >= 0.6 is 11.5 Å². The molecule has 0 unspecified atom stereocenters. The van der Waals surface area contributed by atoms with Gasteiger partial charge in [-0.15, -0.1) is 0 Å². The number of hydrogen-bond donors (Lipinski definition) is 2. The highest BCUT2D eigenvalue weighted by atomic mass is 32.1. The summed E-state index contributed by atoms with van der Waals surface area (Å²) in [7, 11) is 0. The maximum atomic E-state index is 12.3. The molecule has 0 saturated carbocycles. The van der Waals surface area contributed by atoms with Gasteiger partial charge in [0.15, 0.2) is 0 Å². The third kappa shape index (κ3) is 3.55. The van der Waals surface area contributed by atoms with Crippen molar-refractivity contribution in [2.75, 3.05) is 18.4 Å². The van der Waals surface area contributed by atoms with Gasteiger partial charge >= 0.3 is 6.18 Å². The van der Waals surface area contributed by atoms with Gasteiger partial charge in [0.1, 0.15) is 0 Å². The van der Waals surface area contributed by atoms with Gasteiger partial charge in [-0.25, -0.2) is 0 Å². The lowest BCUT2D eigenvalue weighted by Crippen LogP contribution is -2.36. The van der Waals surface area contributed by atoms with E-state index in [1.807, 2.05) is 13.8 Å². The van der Waals surface area contributed by atoms with Gasteiger partial charge < -0.3 is 11.1 Å². The zero-order valence-corrected chi connectivity index (χ0v) is 11.2. The lowest BCUT2D eigenvalue weighted by Gasteiger charge is -2.30. The summed E-state index contributed by atoms with van der Waals surface area (Å²) in [6.07, 6.45) is -2.77. The molecule has 0 fully saturated rings. The van der Waals surface area contributed by atoms with E-state index in [1.54, 1.807) is 0 Å². The quantitative estimate of drug-likeness (QED) is 0.842. The maximum absolute atomic E-state index is 12.3. The Bertz CT molecular complexity index is 365. The van der Waals surface area contributed by atoms with Crippen LogP contribution in [0.3, 0.4) is 0 Å². The van der Waals surface area contributed by atoms with E-state index in [0.717, 1.165) is 12.8 Å². The molecular formula is C10H17F3N4S. The number of nitrogens with one attached hydrogen (secondary N) is 1. The fourth-order valence-electron chi connectivity index (χ4n) is 1.53. The van der Waals surface area contributed by atoms with Gasteiger partial charge in [0.2, 0.25) is 11.0 Å². The van der Waals surface area contributed by atoms with Gasteiger partial charge in [-0.3, -0.25) is 0 Å². The van der Waals surface area contributed by atoms with Crippen LogP contribution in [-0.4, -0.2) is 22.4 Å². The van der Waals surface area contributed by atoms with E-state index in [2.05, 4.69) is 14.7 Å². The normalized spacial score (nSPS) is 12.8. The SMILES string of the molecule is CCC(CC)(CN)CNc1nc(C(F)(F)F)ns1. The average Bonchev–Trinajstić information content (AvgIpc) is 2.80. The monoisotopic (exact) mass is 282 g/mol. The van der Waals surface area contributed by atoms with Gasteiger partial charge in [0, 0.05) is 18.1 Å². The molecule has 0 bridgehead atoms. The maximum Gasteiger partial charge on any atom is 0.452 e. The van der Waals surface area contributed by atoms with Crippen molar-refractivity contribution >= 4 is 16.7 Å². The van der Waals surface area contributed by atoms with Crippen molar-refractivity contribution in [1.82, 2.24) is 9.36 Å². The topological polar surface area (TPSA) is 63.8 Å². The molecule has 1 aromatic rings. The molecule has 0 amide bonds. The van der Waals surface area contributed by atoms with E-state index in [0.29, 0.717) is 24.6 Å². The number of halogens is 3. The van der Waals surface area contributed by atoms with E-state index in [-0.39, 0.29) is 10.5 Å². The number of hydrogen-bond acceptors (Lipinski definition) is 5. The van der Waals surface area contributed by atoms with Crippen LogP contribution in [-0.2, 0) is 6.18 Å². The van der Waals surface area contributed by atoms with Crippen LogP contribution in [0.25, 0.3) is 0 Å². The van der Waals surface area contributed by atoms with Gasteiger partial charge in [-0.1, -0.05) is 13.8 Å². The predicted octanol–water partition coefficient (Wildman–Crippen LogP) is 2.73. The Morgan fingerprint density at radius 2 is 1.89 bits per heavy atom. The van der Waals surface area contributed by atoms with Gasteiger partial charge in [-0.05, 0) is 24.8 Å². The first-order chi connectivity index (χ1) is 8.37. The zero-order chi connectivity index (χ0) is 13.8. The van der Waals surface area contributed by atoms with Crippen molar-refractivity contribution in [3.8, 4) is 0 Å². The van der Waals surface area contributed by atoms with Crippen LogP contribution in [0, 0.1) is 5.41 Å². The van der Waals surface area contributed by atoms with Crippen LogP contribution < -0.4 is 11.1 Å². The molecule has 104 valence electrons. The second kappa shape index (κ2) is 5.83. The largest absolute Gasteiger partial charge is 0.452 e. The number of anilines is 1. The summed E-state index contributed by atoms with van der Waals surface area (Å²) in [6, 6.07) is 0. The zero-order valence-electron chi connectivity index (χ0n) is 10.3. The summed E-state index contributed by atoms with van der Waals surface area (Å²) in [5.74, 6) is -1.10. The third-order valence-corrected chi connectivity index (χ3v) is 3.90. The molecule has 18 heavy (non-hydrogen) atoms. The Morgan fingerprint density at radius 1 is 1.28 bits per heavy atom. The van der Waals surface area contributed by atoms with E-state index in [9.17, 15) is 13.2 Å². The number of nitrogens with two attached hydrogens (primary N) is 1. The molecule has 1 heterocycles. The molecule has 0 saturated heterocycles. The molecule has 4 nitrogen and oxygen atoms in total. The highest BCUT2D eigenvalue weighted by molar-refractivity contribution is 7.09. The second-order valence-corrected chi connectivity index (χ2v) is 4.94. The number of alkyl halides is 3. The number of aromatic nitrogens is 2. The lowest BCUT2D eigenvalue weighted by atomic mass is 9.82. The van der Waals surface area contributed by atoms with E-state index < -0.39 is 12.0 Å². The predicted molar refractivity (Wildman–Crippen MR) is 65.5 cm³/mol. The molecule has 0 aliphatic heterocycles. The number of rotatable bonds is 6. The van der Waals surface area contributed by atoms with Crippen LogP contribution in [0.15, 0.2) is 0 Å². The molecule has 1 aromatic heterocycles. The fraction of sp³-hybridized carbons (Fsp3) is 0.800. The van der Waals surface area contributed by atoms with Gasteiger partial charge in [0.25, 0.3) is 0 Å². The van der Waals surface area contributed by atoms with Crippen molar-refractivity contribution in [2.24, 2.45) is 11.1 Å². The van der Waals surface area contributed by atoms with Crippen LogP contribution in [0.1, 0.15) is 32.5 Å². The van der Waals surface area contributed by atoms with Gasteiger partial charge in [0.05, 0.1) is 0 Å². The van der Waals surface area contributed by atoms with Crippen LogP contribution in [0.5, 0.6) is 0 Å². The van der Waals surface area contributed by atoms with Crippen LogP contribution in [0.4, 0.5) is 18.3 Å². The van der Waals surface area contributed by atoms with Crippen molar-refractivity contribution in [2.45, 2.75) is 32.9 Å². The lowest BCUT2D eigenvalue weighted by molar-refractivity contribution is -0.144. The highest BCUT2D eigenvalue weighted by Gasteiger charge is 2.36. The minimum atomic E-state index is -4.49. The third-order valence-electron chi connectivity index (χ3n) is 3.23. The summed E-state index contributed by atoms with van der Waals surface area (Å²) in [6.45, 7) is 5.01. The van der Waals surface area contributed by atoms with Crippen molar-refractivity contribution in [3.05, 3.63) is 5.82 Å². The van der Waals surface area contributed by atoms with Crippen molar-refractivity contribution in [3.63, 3.8) is 0 Å². The number of nitrogens with zero attached hydrogens (tertiary/aromatic N) is 2. The summed E-state index contributed by atoms with van der Waals surface area (Å²) in [4.78, 5) is 3.42. The first-order valence-corrected chi connectivity index (χ1v) is 6.49. The molecule has 0 spiro atoms. The minimum Gasteiger partial charge on any atom is -0.360 e. The summed E-state index contributed by atoms with van der Waals surface area (Å²) in [5, 5.41) is 3.08. The molecule has 0 aliphatic carbocycles. The van der Waals surface area contributed by atoms with Crippen LogP contribution in [0.2, 0.25) is 0 Å². The standard InChI is InChI=1S/C10H17F3N4S/c1-3-9(4-2,5-14)6-15-8-16-7(17-18-8)10(11,12)13/h3-6,14H2,1-2H3,(H,15,16,17). The Labute approximate surface area is 108 Å². The van der Waals surface area contributed by atoms with Gasteiger partial charge in [-0.2, -0.15) is 22.5 Å².